The van der Waals surface area contributed by atoms with E-state index in [2.05, 4.69) is 25.1 Å². The number of aromatic nitrogens is 1. The molecule has 0 amide bonds. The van der Waals surface area contributed by atoms with Crippen LogP contribution in [0.15, 0.2) is 29.4 Å². The van der Waals surface area contributed by atoms with Crippen LogP contribution in [0, 0.1) is 0 Å². The molecule has 0 radical (unpaired) electrons. The number of rotatable bonds is 4. The van der Waals surface area contributed by atoms with Crippen LogP contribution in [-0.4, -0.2) is 66.9 Å². The fourth-order valence-corrected chi connectivity index (χ4v) is 2.79. The van der Waals surface area contributed by atoms with Crippen molar-refractivity contribution in [1.29, 1.82) is 0 Å². The molecule has 136 valence electrons. The predicted molar refractivity (Wildman–Crippen MR) is 103 cm³/mol. The van der Waals surface area contributed by atoms with Crippen LogP contribution in [0.2, 0.25) is 0 Å². The molecule has 0 spiro atoms. The van der Waals surface area contributed by atoms with Crippen LogP contribution >= 0.6 is 35.7 Å². The van der Waals surface area contributed by atoms with E-state index in [0.717, 1.165) is 32.0 Å². The number of aliphatic imine (C=N–C) groups is 1. The summed E-state index contributed by atoms with van der Waals surface area (Å²) in [6, 6.07) is 5.80. The first kappa shape index (κ1) is 21.1. The summed E-state index contributed by atoms with van der Waals surface area (Å²) in [5.74, 6) is 1.56. The Balaban J connectivity index is 0.00000288. The summed E-state index contributed by atoms with van der Waals surface area (Å²) >= 11 is -0.0221. The van der Waals surface area contributed by atoms with Gasteiger partial charge in [-0.05, 0) is 23.9 Å². The average Bonchev–Trinajstić information content (AvgIpc) is 2.55. The van der Waals surface area contributed by atoms with Crippen molar-refractivity contribution >= 4 is 47.5 Å². The van der Waals surface area contributed by atoms with Crippen LogP contribution < -0.4 is 10.2 Å². The van der Waals surface area contributed by atoms with Gasteiger partial charge in [-0.2, -0.15) is 13.2 Å². The summed E-state index contributed by atoms with van der Waals surface area (Å²) in [5, 5.41) is 2.99. The zero-order valence-electron chi connectivity index (χ0n) is 13.3. The van der Waals surface area contributed by atoms with Gasteiger partial charge in [0.2, 0.25) is 0 Å². The molecule has 10 heteroatoms. The van der Waals surface area contributed by atoms with Gasteiger partial charge in [0.05, 0.1) is 0 Å². The minimum Gasteiger partial charge on any atom is -0.355 e. The van der Waals surface area contributed by atoms with E-state index in [1.165, 1.54) is 0 Å². The number of anilines is 1. The number of alkyl halides is 3. The number of hydrogen-bond acceptors (Lipinski definition) is 4. The van der Waals surface area contributed by atoms with Gasteiger partial charge in [0, 0.05) is 51.7 Å². The highest BCUT2D eigenvalue weighted by Gasteiger charge is 2.27. The zero-order valence-corrected chi connectivity index (χ0v) is 16.4. The van der Waals surface area contributed by atoms with E-state index in [1.54, 1.807) is 13.2 Å². The summed E-state index contributed by atoms with van der Waals surface area (Å²) < 4.78 is 36.3. The molecule has 1 aliphatic heterocycles. The van der Waals surface area contributed by atoms with E-state index >= 15 is 0 Å². The molecule has 1 N–H and O–H groups in total. The van der Waals surface area contributed by atoms with E-state index in [1.807, 2.05) is 18.2 Å². The van der Waals surface area contributed by atoms with Gasteiger partial charge in [-0.3, -0.25) is 4.99 Å². The minimum absolute atomic E-state index is 0. The van der Waals surface area contributed by atoms with Gasteiger partial charge >= 0.3 is 5.51 Å². The largest absolute Gasteiger partial charge is 0.441 e. The molecule has 1 aromatic rings. The Morgan fingerprint density at radius 2 is 2.00 bits per heavy atom. The van der Waals surface area contributed by atoms with E-state index in [0.29, 0.717) is 5.96 Å². The van der Waals surface area contributed by atoms with Crippen molar-refractivity contribution in [2.75, 3.05) is 50.4 Å². The standard InChI is InChI=1S/C14H20F3N5S.HI/c1-18-13(20-6-11-23-14(15,16)17)22-9-7-21(8-10-22)12-4-2-3-5-19-12;/h2-5H,6-11H2,1H3,(H,18,20);1H. The van der Waals surface area contributed by atoms with E-state index in [9.17, 15) is 13.2 Å². The molecule has 0 aromatic carbocycles. The van der Waals surface area contributed by atoms with Gasteiger partial charge < -0.3 is 15.1 Å². The van der Waals surface area contributed by atoms with Crippen molar-refractivity contribution in [1.82, 2.24) is 15.2 Å². The minimum atomic E-state index is -4.18. The maximum Gasteiger partial charge on any atom is 0.441 e. The third-order valence-corrected chi connectivity index (χ3v) is 4.15. The lowest BCUT2D eigenvalue weighted by Crippen LogP contribution is -2.53. The lowest BCUT2D eigenvalue weighted by molar-refractivity contribution is -0.0327. The molecule has 2 heterocycles. The molecular formula is C14H21F3IN5S. The third-order valence-electron chi connectivity index (χ3n) is 3.42. The first-order valence-corrected chi connectivity index (χ1v) is 8.30. The van der Waals surface area contributed by atoms with Gasteiger partial charge in [-0.25, -0.2) is 4.98 Å². The second-order valence-electron chi connectivity index (χ2n) is 4.93. The first-order valence-electron chi connectivity index (χ1n) is 7.32. The molecule has 0 atom stereocenters. The SMILES string of the molecule is CN=C(NCCSC(F)(F)F)N1CCN(c2ccccn2)CC1.I. The highest BCUT2D eigenvalue weighted by Crippen LogP contribution is 2.29. The predicted octanol–water partition coefficient (Wildman–Crippen LogP) is 2.65. The molecule has 1 fully saturated rings. The van der Waals surface area contributed by atoms with Crippen LogP contribution in [0.5, 0.6) is 0 Å². The van der Waals surface area contributed by atoms with Crippen molar-refractivity contribution in [2.24, 2.45) is 4.99 Å². The van der Waals surface area contributed by atoms with Crippen LogP contribution in [-0.2, 0) is 0 Å². The van der Waals surface area contributed by atoms with Gasteiger partial charge in [-0.1, -0.05) is 6.07 Å². The highest BCUT2D eigenvalue weighted by molar-refractivity contribution is 14.0. The average molecular weight is 475 g/mol. The van der Waals surface area contributed by atoms with Crippen LogP contribution in [0.3, 0.4) is 0 Å². The number of halogens is 4. The molecule has 2 rings (SSSR count). The van der Waals surface area contributed by atoms with Crippen molar-refractivity contribution < 1.29 is 13.2 Å². The lowest BCUT2D eigenvalue weighted by atomic mass is 10.3. The van der Waals surface area contributed by atoms with E-state index < -0.39 is 5.51 Å². The van der Waals surface area contributed by atoms with Crippen molar-refractivity contribution in [3.05, 3.63) is 24.4 Å². The molecule has 0 bridgehead atoms. The zero-order chi connectivity index (χ0) is 16.7. The second kappa shape index (κ2) is 10.2. The summed E-state index contributed by atoms with van der Waals surface area (Å²) in [6.45, 7) is 3.34. The third kappa shape index (κ3) is 6.91. The Hall–Kier alpha value is -0.910. The Kier molecular flexibility index (Phi) is 8.95. The monoisotopic (exact) mass is 475 g/mol. The van der Waals surface area contributed by atoms with E-state index in [-0.39, 0.29) is 48.0 Å². The molecule has 0 unspecified atom stereocenters. The number of pyridine rings is 1. The fraction of sp³-hybridized carbons (Fsp3) is 0.571. The summed E-state index contributed by atoms with van der Waals surface area (Å²) in [6.07, 6.45) is 1.76. The summed E-state index contributed by atoms with van der Waals surface area (Å²) in [7, 11) is 1.64. The van der Waals surface area contributed by atoms with Gasteiger partial charge in [-0.15, -0.1) is 24.0 Å². The molecule has 0 saturated carbocycles. The summed E-state index contributed by atoms with van der Waals surface area (Å²) in [5.41, 5.74) is -4.18. The van der Waals surface area contributed by atoms with Crippen molar-refractivity contribution in [3.63, 3.8) is 0 Å². The smallest absolute Gasteiger partial charge is 0.355 e. The Bertz CT molecular complexity index is 507. The van der Waals surface area contributed by atoms with Crippen molar-refractivity contribution in [3.8, 4) is 0 Å². The Labute approximate surface area is 161 Å². The summed E-state index contributed by atoms with van der Waals surface area (Å²) in [4.78, 5) is 12.7. The molecule has 5 nitrogen and oxygen atoms in total. The molecule has 24 heavy (non-hydrogen) atoms. The van der Waals surface area contributed by atoms with Gasteiger partial charge in [0.25, 0.3) is 0 Å². The normalized spacial score (nSPS) is 15.9. The number of hydrogen-bond donors (Lipinski definition) is 1. The topological polar surface area (TPSA) is 43.8 Å². The number of guanidine groups is 1. The first-order chi connectivity index (χ1) is 11.0. The van der Waals surface area contributed by atoms with Gasteiger partial charge in [0.1, 0.15) is 5.82 Å². The van der Waals surface area contributed by atoms with Crippen molar-refractivity contribution in [2.45, 2.75) is 5.51 Å². The second-order valence-corrected chi connectivity index (χ2v) is 6.09. The van der Waals surface area contributed by atoms with Crippen LogP contribution in [0.25, 0.3) is 0 Å². The maximum absolute atomic E-state index is 12.1. The quantitative estimate of drug-likeness (QED) is 0.314. The molecule has 1 aromatic heterocycles. The molecule has 0 aliphatic carbocycles. The highest BCUT2D eigenvalue weighted by atomic mass is 127. The molecule has 1 aliphatic rings. The lowest BCUT2D eigenvalue weighted by Gasteiger charge is -2.37. The molecular weight excluding hydrogens is 454 g/mol. The Morgan fingerprint density at radius 3 is 2.54 bits per heavy atom. The van der Waals surface area contributed by atoms with E-state index in [4.69, 9.17) is 0 Å². The maximum atomic E-state index is 12.1. The molecule has 1 saturated heterocycles. The van der Waals surface area contributed by atoms with Crippen LogP contribution in [0.4, 0.5) is 19.0 Å². The number of piperazine rings is 1. The Morgan fingerprint density at radius 1 is 1.29 bits per heavy atom. The number of nitrogens with one attached hydrogen (secondary N) is 1. The number of thioether (sulfide) groups is 1. The fourth-order valence-electron chi connectivity index (χ4n) is 2.35. The van der Waals surface area contributed by atoms with Crippen LogP contribution in [0.1, 0.15) is 0 Å². The van der Waals surface area contributed by atoms with Gasteiger partial charge in [0.15, 0.2) is 5.96 Å². The number of nitrogens with zero attached hydrogens (tertiary/aromatic N) is 4.